The molecule has 2 unspecified atom stereocenters. The van der Waals surface area contributed by atoms with Gasteiger partial charge in [-0.15, -0.1) is 0 Å². The van der Waals surface area contributed by atoms with Crippen LogP contribution in [-0.2, 0) is 16.2 Å². The molecular formula is C36H53N5O5. The summed E-state index contributed by atoms with van der Waals surface area (Å²) >= 11 is 0. The van der Waals surface area contributed by atoms with Gasteiger partial charge in [0.15, 0.2) is 0 Å². The van der Waals surface area contributed by atoms with Gasteiger partial charge in [-0.2, -0.15) is 5.06 Å². The minimum atomic E-state index is -0.622. The number of aliphatic hydroxyl groups excluding tert-OH is 1. The molecule has 0 aromatic heterocycles. The van der Waals surface area contributed by atoms with E-state index >= 15 is 0 Å². The lowest BCUT2D eigenvalue weighted by molar-refractivity contribution is -0.183. The maximum Gasteiger partial charge on any atom is 0.251 e. The maximum atomic E-state index is 14.3. The van der Waals surface area contributed by atoms with E-state index in [-0.39, 0.29) is 43.0 Å². The van der Waals surface area contributed by atoms with Crippen LogP contribution in [0, 0.1) is 29.1 Å². The van der Waals surface area contributed by atoms with Crippen molar-refractivity contribution in [2.75, 3.05) is 46.8 Å². The Kier molecular flexibility index (Phi) is 10.0. The van der Waals surface area contributed by atoms with Gasteiger partial charge in [0.05, 0.1) is 20.3 Å². The summed E-state index contributed by atoms with van der Waals surface area (Å²) in [5, 5.41) is 21.6. The molecule has 4 N–H and O–H groups in total. The van der Waals surface area contributed by atoms with Crippen molar-refractivity contribution in [1.29, 1.82) is 0 Å². The zero-order valence-corrected chi connectivity index (χ0v) is 28.9. The molecule has 2 bridgehead atoms. The molecule has 1 saturated heterocycles. The van der Waals surface area contributed by atoms with Crippen LogP contribution in [0.15, 0.2) is 36.4 Å². The Morgan fingerprint density at radius 2 is 1.91 bits per heavy atom. The summed E-state index contributed by atoms with van der Waals surface area (Å²) < 4.78 is 6.03. The van der Waals surface area contributed by atoms with Crippen molar-refractivity contribution in [1.82, 2.24) is 21.0 Å². The largest absolute Gasteiger partial charge is 0.496 e. The number of fused-ring (bicyclic) bond motifs is 2. The van der Waals surface area contributed by atoms with Gasteiger partial charge in [-0.1, -0.05) is 39.0 Å². The minimum Gasteiger partial charge on any atom is -0.496 e. The van der Waals surface area contributed by atoms with Crippen molar-refractivity contribution in [3.05, 3.63) is 47.5 Å². The highest BCUT2D eigenvalue weighted by Gasteiger charge is 2.57. The Balaban J connectivity index is 1.48. The summed E-state index contributed by atoms with van der Waals surface area (Å²) in [7, 11) is 9.00. The monoisotopic (exact) mass is 635 g/mol. The van der Waals surface area contributed by atoms with E-state index in [2.05, 4.69) is 36.7 Å². The van der Waals surface area contributed by atoms with Gasteiger partial charge in [-0.25, -0.2) is 0 Å². The average molecular weight is 636 g/mol. The minimum absolute atomic E-state index is 0.0666. The molecule has 3 saturated carbocycles. The smallest absolute Gasteiger partial charge is 0.251 e. The number of ether oxygens (including phenoxy) is 1. The van der Waals surface area contributed by atoms with Gasteiger partial charge in [0, 0.05) is 61.5 Å². The second kappa shape index (κ2) is 13.5. The molecule has 8 atom stereocenters. The fourth-order valence-electron chi connectivity index (χ4n) is 8.34. The van der Waals surface area contributed by atoms with Crippen LogP contribution in [0.5, 0.6) is 5.75 Å². The van der Waals surface area contributed by atoms with Crippen molar-refractivity contribution < 1.29 is 24.3 Å². The molecule has 2 aromatic rings. The number of methoxy groups -OCH3 is 1. The summed E-state index contributed by atoms with van der Waals surface area (Å²) in [6.07, 6.45) is 1.68. The third kappa shape index (κ3) is 6.12. The third-order valence-corrected chi connectivity index (χ3v) is 11.4. The van der Waals surface area contributed by atoms with Gasteiger partial charge in [0.25, 0.3) is 5.91 Å². The molecule has 10 heteroatoms. The molecule has 3 aliphatic carbocycles. The van der Waals surface area contributed by atoms with Crippen molar-refractivity contribution in [3.8, 4) is 16.9 Å². The van der Waals surface area contributed by atoms with Crippen LogP contribution in [0.4, 0.5) is 5.69 Å². The number of hydrogen-bond donors (Lipinski definition) is 4. The highest BCUT2D eigenvalue weighted by atomic mass is 16.7. The zero-order valence-electron chi connectivity index (χ0n) is 28.9. The lowest BCUT2D eigenvalue weighted by Crippen LogP contribution is -2.62. The summed E-state index contributed by atoms with van der Waals surface area (Å²) in [5.41, 5.74) is 4.24. The molecule has 252 valence electrons. The number of amides is 2. The molecule has 4 aliphatic rings. The van der Waals surface area contributed by atoms with Gasteiger partial charge in [-0.3, -0.25) is 14.4 Å². The zero-order chi connectivity index (χ0) is 33.5. The van der Waals surface area contributed by atoms with Gasteiger partial charge < -0.3 is 30.7 Å². The number of rotatable bonds is 11. The Bertz CT molecular complexity index is 1430. The first-order chi connectivity index (χ1) is 21.9. The molecule has 4 fully saturated rings. The molecule has 6 rings (SSSR count). The number of aliphatic hydroxyl groups is 1. The summed E-state index contributed by atoms with van der Waals surface area (Å²) in [6.45, 7) is 9.10. The van der Waals surface area contributed by atoms with Crippen LogP contribution in [0.3, 0.4) is 0 Å². The standard InChI is InChI=1S/C36H53N5O5/c1-20-28-16-25(36(28,3)4)17-29(20)39-35(44)32-31(21(2)37-5)30(19-42)46-41(32)18-22-11-10-12-27(33(22)45-9)23-13-24(34(43)38-6)15-26(14-23)40(7)8/h10-15,20-21,25,28-32,37,42H,16-19H2,1-9H3,(H,38,43)(H,39,44)/t20-,21?,25+,28-,29?,30-,31+,32-/m0/s1. The number of nitrogens with zero attached hydrogens (tertiary/aromatic N) is 2. The molecule has 1 aliphatic heterocycles. The molecule has 1 heterocycles. The Morgan fingerprint density at radius 1 is 1.17 bits per heavy atom. The van der Waals surface area contributed by atoms with E-state index in [0.29, 0.717) is 34.5 Å². The van der Waals surface area contributed by atoms with E-state index in [9.17, 15) is 14.7 Å². The highest BCUT2D eigenvalue weighted by molar-refractivity contribution is 5.97. The quantitative estimate of drug-likeness (QED) is 0.296. The van der Waals surface area contributed by atoms with Crippen molar-refractivity contribution in [2.45, 2.75) is 71.3 Å². The Labute approximate surface area is 274 Å². The van der Waals surface area contributed by atoms with E-state index in [1.165, 1.54) is 6.42 Å². The van der Waals surface area contributed by atoms with Gasteiger partial charge in [-0.05, 0) is 73.7 Å². The predicted molar refractivity (Wildman–Crippen MR) is 181 cm³/mol. The molecule has 0 radical (unpaired) electrons. The van der Waals surface area contributed by atoms with E-state index in [0.717, 1.165) is 28.8 Å². The number of anilines is 1. The van der Waals surface area contributed by atoms with Crippen LogP contribution in [0.2, 0.25) is 0 Å². The first-order valence-corrected chi connectivity index (χ1v) is 16.6. The lowest BCUT2D eigenvalue weighted by Gasteiger charge is -2.62. The highest BCUT2D eigenvalue weighted by Crippen LogP contribution is 2.61. The summed E-state index contributed by atoms with van der Waals surface area (Å²) in [5.74, 6) is 1.73. The molecule has 2 aromatic carbocycles. The number of carbonyl (C=O) groups is 2. The fraction of sp³-hybridized carbons (Fsp3) is 0.611. The number of benzene rings is 2. The molecular weight excluding hydrogens is 582 g/mol. The lowest BCUT2D eigenvalue weighted by atomic mass is 9.45. The Hall–Kier alpha value is -3.18. The predicted octanol–water partition coefficient (Wildman–Crippen LogP) is 3.68. The fourth-order valence-corrected chi connectivity index (χ4v) is 8.34. The van der Waals surface area contributed by atoms with Crippen LogP contribution < -0.4 is 25.6 Å². The second-order valence-corrected chi connectivity index (χ2v) is 14.3. The number of nitrogens with one attached hydrogen (secondary N) is 3. The van der Waals surface area contributed by atoms with Gasteiger partial charge in [0.2, 0.25) is 5.91 Å². The number of hydroxylamine groups is 2. The van der Waals surface area contributed by atoms with E-state index in [1.54, 1.807) is 19.2 Å². The first kappa shape index (κ1) is 34.2. The van der Waals surface area contributed by atoms with Crippen LogP contribution >= 0.6 is 0 Å². The summed E-state index contributed by atoms with van der Waals surface area (Å²) in [6, 6.07) is 11.0. The third-order valence-electron chi connectivity index (χ3n) is 11.4. The van der Waals surface area contributed by atoms with E-state index < -0.39 is 12.1 Å². The van der Waals surface area contributed by atoms with E-state index in [1.807, 2.05) is 69.4 Å². The first-order valence-electron chi connectivity index (χ1n) is 16.6. The van der Waals surface area contributed by atoms with Crippen molar-refractivity contribution >= 4 is 17.5 Å². The topological polar surface area (TPSA) is 115 Å². The molecule has 2 amide bonds. The number of hydrogen-bond acceptors (Lipinski definition) is 8. The normalized spacial score (nSPS) is 29.0. The number of carbonyl (C=O) groups excluding carboxylic acids is 2. The molecule has 10 nitrogen and oxygen atoms in total. The van der Waals surface area contributed by atoms with Gasteiger partial charge in [0.1, 0.15) is 17.9 Å². The van der Waals surface area contributed by atoms with Crippen LogP contribution in [0.1, 0.15) is 56.5 Å². The second-order valence-electron chi connectivity index (χ2n) is 14.3. The van der Waals surface area contributed by atoms with Crippen molar-refractivity contribution in [2.24, 2.45) is 29.1 Å². The van der Waals surface area contributed by atoms with Crippen LogP contribution in [-0.4, -0.2) is 88.1 Å². The molecule has 0 spiro atoms. The summed E-state index contributed by atoms with van der Waals surface area (Å²) in [4.78, 5) is 35.3. The van der Waals surface area contributed by atoms with Gasteiger partial charge >= 0.3 is 0 Å². The molecule has 46 heavy (non-hydrogen) atoms. The maximum absolute atomic E-state index is 14.3. The van der Waals surface area contributed by atoms with Crippen molar-refractivity contribution in [3.63, 3.8) is 0 Å². The Morgan fingerprint density at radius 3 is 2.50 bits per heavy atom. The number of para-hydroxylation sites is 1. The van der Waals surface area contributed by atoms with Crippen LogP contribution in [0.25, 0.3) is 11.1 Å². The average Bonchev–Trinajstić information content (AvgIpc) is 3.42. The SMILES string of the molecule is CNC(=O)c1cc(-c2cccc(CN3O[C@@H](CO)[C@@H](C(C)NC)[C@H]3C(=O)NC3C[C@H]4C[C@@H]([C@@H]3C)C4(C)C)c2OC)cc(N(C)C)c1. The van der Waals surface area contributed by atoms with E-state index in [4.69, 9.17) is 9.57 Å².